The van der Waals surface area contributed by atoms with Crippen molar-refractivity contribution >= 4 is 30.8 Å². The fourth-order valence-corrected chi connectivity index (χ4v) is 5.54. The van der Waals surface area contributed by atoms with E-state index in [4.69, 9.17) is 24.3 Å². The second kappa shape index (κ2) is 11.8. The van der Waals surface area contributed by atoms with E-state index in [0.29, 0.717) is 0 Å². The highest BCUT2D eigenvalue weighted by atomic mass is 31.2. The number of anilines is 1. The standard InChI is InChI=1S/C23H28F3N6O8P/c1-11(2)38-20(35)12(3)31-41(36,40-13-7-5-4-6-8-13)37-9-23(21(25)26)16(24)15(33)19(39-23)32-10-28-14-17(32)29-22(27)30-18(14)34/h4-8,10-12,15-16,19,21,33H,9H2,1-3H3,(H,31,36)(H3,27,29,30,34)/t12-,15+,16+,19+,23+,41?/m0/s1. The van der Waals surface area contributed by atoms with Gasteiger partial charge in [-0.1, -0.05) is 18.2 Å². The first-order valence-electron chi connectivity index (χ1n) is 12.2. The minimum atomic E-state index is -4.71. The summed E-state index contributed by atoms with van der Waals surface area (Å²) >= 11 is 0. The second-order valence-corrected chi connectivity index (χ2v) is 11.1. The van der Waals surface area contributed by atoms with Gasteiger partial charge >= 0.3 is 13.7 Å². The van der Waals surface area contributed by atoms with Crippen LogP contribution in [0.4, 0.5) is 19.1 Å². The fourth-order valence-electron chi connectivity index (χ4n) is 4.01. The van der Waals surface area contributed by atoms with Gasteiger partial charge in [-0.05, 0) is 32.9 Å². The number of para-hydroxylation sites is 1. The molecule has 1 aromatic carbocycles. The molecule has 0 saturated carbocycles. The largest absolute Gasteiger partial charge is 0.462 e. The van der Waals surface area contributed by atoms with Crippen LogP contribution in [0.15, 0.2) is 41.5 Å². The summed E-state index contributed by atoms with van der Waals surface area (Å²) in [6.45, 7) is 3.02. The lowest BCUT2D eigenvalue weighted by Crippen LogP contribution is -2.51. The number of carbonyl (C=O) groups excluding carboxylic acids is 1. The van der Waals surface area contributed by atoms with Gasteiger partial charge in [0.25, 0.3) is 12.0 Å². The van der Waals surface area contributed by atoms with Crippen LogP contribution in [-0.4, -0.2) is 73.6 Å². The van der Waals surface area contributed by atoms with Crippen LogP contribution in [0.5, 0.6) is 5.75 Å². The van der Waals surface area contributed by atoms with Gasteiger partial charge in [0.1, 0.15) is 17.9 Å². The summed E-state index contributed by atoms with van der Waals surface area (Å²) in [5, 5.41) is 12.9. The molecule has 6 atom stereocenters. The smallest absolute Gasteiger partial charge is 0.459 e. The number of nitrogens with zero attached hydrogens (tertiary/aromatic N) is 3. The molecule has 1 fully saturated rings. The average molecular weight is 604 g/mol. The Morgan fingerprint density at radius 3 is 2.63 bits per heavy atom. The van der Waals surface area contributed by atoms with E-state index in [2.05, 4.69) is 20.0 Å². The van der Waals surface area contributed by atoms with Crippen LogP contribution in [0, 0.1) is 0 Å². The predicted octanol–water partition coefficient (Wildman–Crippen LogP) is 2.07. The first kappa shape index (κ1) is 30.5. The minimum Gasteiger partial charge on any atom is -0.462 e. The zero-order valence-electron chi connectivity index (χ0n) is 21.9. The molecule has 1 aliphatic heterocycles. The van der Waals surface area contributed by atoms with Gasteiger partial charge in [-0.15, -0.1) is 0 Å². The Bertz CT molecular complexity index is 1490. The number of rotatable bonds is 11. The molecular weight excluding hydrogens is 576 g/mol. The van der Waals surface area contributed by atoms with Crippen molar-refractivity contribution in [3.63, 3.8) is 0 Å². The normalized spacial score (nSPS) is 25.0. The number of ether oxygens (including phenoxy) is 2. The van der Waals surface area contributed by atoms with Crippen molar-refractivity contribution in [1.29, 1.82) is 0 Å². The van der Waals surface area contributed by atoms with Crippen LogP contribution in [0.2, 0.25) is 0 Å². The topological polar surface area (TPSA) is 193 Å². The molecule has 224 valence electrons. The van der Waals surface area contributed by atoms with E-state index in [1.54, 1.807) is 19.9 Å². The number of esters is 1. The molecule has 0 spiro atoms. The minimum absolute atomic E-state index is 0.0281. The van der Waals surface area contributed by atoms with Gasteiger partial charge < -0.3 is 24.8 Å². The first-order valence-corrected chi connectivity index (χ1v) is 13.8. The number of nitrogens with one attached hydrogen (secondary N) is 2. The number of aromatic amines is 1. The third-order valence-electron chi connectivity index (χ3n) is 5.98. The first-order chi connectivity index (χ1) is 19.3. The number of hydrogen-bond donors (Lipinski definition) is 4. The van der Waals surface area contributed by atoms with Crippen LogP contribution < -0.4 is 20.9 Å². The molecule has 1 unspecified atom stereocenters. The van der Waals surface area contributed by atoms with Gasteiger partial charge in [-0.25, -0.2) is 22.7 Å². The lowest BCUT2D eigenvalue weighted by atomic mass is 9.98. The third kappa shape index (κ3) is 6.23. The monoisotopic (exact) mass is 604 g/mol. The van der Waals surface area contributed by atoms with Crippen LogP contribution in [-0.2, 0) is 23.4 Å². The number of aromatic nitrogens is 4. The van der Waals surface area contributed by atoms with Crippen molar-refractivity contribution in [2.24, 2.45) is 0 Å². The molecule has 3 heterocycles. The van der Waals surface area contributed by atoms with Crippen LogP contribution >= 0.6 is 7.75 Å². The van der Waals surface area contributed by atoms with Crippen molar-refractivity contribution in [3.8, 4) is 5.75 Å². The highest BCUT2D eigenvalue weighted by molar-refractivity contribution is 7.52. The molecule has 0 amide bonds. The molecule has 3 aromatic rings. The Hall–Kier alpha value is -3.50. The van der Waals surface area contributed by atoms with Gasteiger partial charge in [0.2, 0.25) is 5.95 Å². The zero-order chi connectivity index (χ0) is 30.1. The molecule has 4 rings (SSSR count). The van der Waals surface area contributed by atoms with Gasteiger partial charge in [-0.3, -0.25) is 23.7 Å². The Kier molecular flexibility index (Phi) is 8.75. The van der Waals surface area contributed by atoms with Crippen LogP contribution in [0.3, 0.4) is 0 Å². The van der Waals surface area contributed by atoms with Crippen LogP contribution in [0.25, 0.3) is 11.2 Å². The molecule has 0 bridgehead atoms. The predicted molar refractivity (Wildman–Crippen MR) is 137 cm³/mol. The van der Waals surface area contributed by atoms with Crippen LogP contribution in [0.1, 0.15) is 27.0 Å². The lowest BCUT2D eigenvalue weighted by molar-refractivity contribution is -0.182. The summed E-state index contributed by atoms with van der Waals surface area (Å²) in [5.41, 5.74) is 1.05. The number of carbonyl (C=O) groups is 1. The third-order valence-corrected chi connectivity index (χ3v) is 7.60. The van der Waals surface area contributed by atoms with Gasteiger partial charge in [0.15, 0.2) is 29.2 Å². The maximum atomic E-state index is 15.5. The number of halogens is 3. The van der Waals surface area contributed by atoms with Crippen molar-refractivity contribution in [1.82, 2.24) is 24.6 Å². The number of H-pyrrole nitrogens is 1. The van der Waals surface area contributed by atoms with E-state index >= 15 is 4.39 Å². The highest BCUT2D eigenvalue weighted by Gasteiger charge is 2.63. The molecule has 5 N–H and O–H groups in total. The number of hydrogen-bond acceptors (Lipinski definition) is 11. The number of nitrogens with two attached hydrogens (primary N) is 1. The fraction of sp³-hybridized carbons (Fsp3) is 0.478. The van der Waals surface area contributed by atoms with E-state index in [-0.39, 0.29) is 22.9 Å². The molecule has 18 heteroatoms. The zero-order valence-corrected chi connectivity index (χ0v) is 22.8. The van der Waals surface area contributed by atoms with E-state index in [9.17, 15) is 28.0 Å². The van der Waals surface area contributed by atoms with E-state index < -0.39 is 68.6 Å². The number of imidazole rings is 1. The molecular formula is C23H28F3N6O8P. The molecule has 0 radical (unpaired) electrons. The quantitative estimate of drug-likeness (QED) is 0.184. The van der Waals surface area contributed by atoms with Gasteiger partial charge in [-0.2, -0.15) is 10.1 Å². The molecule has 1 aliphatic rings. The molecule has 2 aromatic heterocycles. The van der Waals surface area contributed by atoms with Gasteiger partial charge in [0, 0.05) is 0 Å². The molecule has 14 nitrogen and oxygen atoms in total. The number of benzene rings is 1. The van der Waals surface area contributed by atoms with E-state index in [0.717, 1.165) is 10.9 Å². The average Bonchev–Trinajstić information content (AvgIpc) is 3.42. The maximum Gasteiger partial charge on any atom is 0.459 e. The summed E-state index contributed by atoms with van der Waals surface area (Å²) < 4.78 is 80.2. The molecule has 0 aliphatic carbocycles. The van der Waals surface area contributed by atoms with Crippen molar-refractivity contribution < 1.29 is 46.2 Å². The summed E-state index contributed by atoms with van der Waals surface area (Å²) in [7, 11) is -4.71. The summed E-state index contributed by atoms with van der Waals surface area (Å²) in [6, 6.07) is 6.12. The highest BCUT2D eigenvalue weighted by Crippen LogP contribution is 2.50. The number of aliphatic hydroxyl groups excluding tert-OH is 1. The van der Waals surface area contributed by atoms with Crippen molar-refractivity contribution in [2.75, 3.05) is 12.3 Å². The Morgan fingerprint density at radius 2 is 2.00 bits per heavy atom. The van der Waals surface area contributed by atoms with Gasteiger partial charge in [0.05, 0.1) is 19.0 Å². The molecule has 41 heavy (non-hydrogen) atoms. The van der Waals surface area contributed by atoms with E-state index in [1.165, 1.54) is 31.2 Å². The summed E-state index contributed by atoms with van der Waals surface area (Å²) in [5.74, 6) is -1.24. The molecule has 1 saturated heterocycles. The Labute approximate surface area is 230 Å². The number of aliphatic hydroxyl groups is 1. The van der Waals surface area contributed by atoms with Crippen molar-refractivity contribution in [2.45, 2.75) is 63.4 Å². The lowest BCUT2D eigenvalue weighted by Gasteiger charge is -2.31. The number of nitrogen functional groups attached to an aromatic ring is 1. The Morgan fingerprint density at radius 1 is 1.32 bits per heavy atom. The number of fused-ring (bicyclic) bond motifs is 1. The summed E-state index contributed by atoms with van der Waals surface area (Å²) in [6.07, 6.45) is -10.2. The number of alkyl halides is 3. The SMILES string of the molecule is CC(C)OC(=O)[C@H](C)NP(=O)(OC[C@@]1(C(F)F)O[C@@H](n2cnc3c(=O)[nH]c(N)nc32)[C@H](O)[C@H]1F)Oc1ccccc1. The Balaban J connectivity index is 1.64. The summed E-state index contributed by atoms with van der Waals surface area (Å²) in [4.78, 5) is 34.3. The second-order valence-electron chi connectivity index (χ2n) is 9.44. The van der Waals surface area contributed by atoms with Crippen molar-refractivity contribution in [3.05, 3.63) is 47.0 Å². The maximum absolute atomic E-state index is 15.5. The van der Waals surface area contributed by atoms with E-state index in [1.807, 2.05) is 0 Å².